The summed E-state index contributed by atoms with van der Waals surface area (Å²) in [5.74, 6) is 1.17. The quantitative estimate of drug-likeness (QED) is 0.455. The van der Waals surface area contributed by atoms with Crippen LogP contribution in [0, 0.1) is 0 Å². The van der Waals surface area contributed by atoms with Gasteiger partial charge < -0.3 is 10.2 Å². The summed E-state index contributed by atoms with van der Waals surface area (Å²) < 4.78 is 0. The number of hydrogen-bond acceptors (Lipinski definition) is 6. The third kappa shape index (κ3) is 5.73. The highest BCUT2D eigenvalue weighted by molar-refractivity contribution is 6.36. The fourth-order valence-corrected chi connectivity index (χ4v) is 2.92. The Labute approximate surface area is 174 Å². The van der Waals surface area contributed by atoms with Gasteiger partial charge in [-0.2, -0.15) is 4.98 Å². The number of aromatic nitrogens is 2. The first-order valence-electron chi connectivity index (χ1n) is 8.81. The largest absolute Gasteiger partial charge is 0.353 e. The molecule has 0 aliphatic heterocycles. The zero-order chi connectivity index (χ0) is 19.9. The van der Waals surface area contributed by atoms with Crippen LogP contribution in [0.3, 0.4) is 0 Å². The summed E-state index contributed by atoms with van der Waals surface area (Å²) >= 11 is 12.2. The number of halogens is 2. The second-order valence-corrected chi connectivity index (χ2v) is 7.28. The summed E-state index contributed by atoms with van der Waals surface area (Å²) in [6.07, 6.45) is 0. The molecule has 0 aliphatic carbocycles. The normalized spacial score (nSPS) is 10.8. The lowest BCUT2D eigenvalue weighted by Crippen LogP contribution is -2.22. The number of hydrogen-bond donors (Lipinski definition) is 3. The highest BCUT2D eigenvalue weighted by Crippen LogP contribution is 2.26. The molecule has 146 valence electrons. The van der Waals surface area contributed by atoms with Crippen molar-refractivity contribution in [2.45, 2.75) is 0 Å². The SMILES string of the molecule is CN(C)CCNc1nc(NNc2ccc(Cl)cc2Cl)cc(-c2ccccc2)n1. The number of anilines is 3. The average molecular weight is 417 g/mol. The molecule has 2 aromatic carbocycles. The van der Waals surface area contributed by atoms with Gasteiger partial charge in [0, 0.05) is 29.7 Å². The molecule has 0 radical (unpaired) electrons. The van der Waals surface area contributed by atoms with Crippen LogP contribution in [0.5, 0.6) is 0 Å². The smallest absolute Gasteiger partial charge is 0.225 e. The maximum absolute atomic E-state index is 6.22. The molecule has 0 atom stereocenters. The Kier molecular flexibility index (Phi) is 6.92. The Morgan fingerprint density at radius 3 is 2.43 bits per heavy atom. The molecule has 0 fully saturated rings. The van der Waals surface area contributed by atoms with Crippen LogP contribution < -0.4 is 16.2 Å². The minimum Gasteiger partial charge on any atom is -0.353 e. The van der Waals surface area contributed by atoms with E-state index in [2.05, 4.69) is 31.0 Å². The molecule has 1 heterocycles. The van der Waals surface area contributed by atoms with Gasteiger partial charge in [-0.15, -0.1) is 0 Å². The van der Waals surface area contributed by atoms with Crippen LogP contribution in [0.1, 0.15) is 0 Å². The molecule has 3 rings (SSSR count). The maximum Gasteiger partial charge on any atom is 0.225 e. The van der Waals surface area contributed by atoms with Gasteiger partial charge in [-0.25, -0.2) is 4.98 Å². The van der Waals surface area contributed by atoms with Crippen LogP contribution in [0.15, 0.2) is 54.6 Å². The van der Waals surface area contributed by atoms with Crippen molar-refractivity contribution in [3.05, 3.63) is 64.6 Å². The van der Waals surface area contributed by atoms with E-state index in [9.17, 15) is 0 Å². The Bertz CT molecular complexity index is 918. The van der Waals surface area contributed by atoms with Crippen molar-refractivity contribution < 1.29 is 0 Å². The van der Waals surface area contributed by atoms with Crippen molar-refractivity contribution in [1.82, 2.24) is 14.9 Å². The molecule has 6 nitrogen and oxygen atoms in total. The van der Waals surface area contributed by atoms with Crippen molar-refractivity contribution in [2.75, 3.05) is 43.4 Å². The number of nitrogens with zero attached hydrogens (tertiary/aromatic N) is 3. The van der Waals surface area contributed by atoms with Crippen LogP contribution >= 0.6 is 23.2 Å². The molecule has 0 spiro atoms. The Morgan fingerprint density at radius 1 is 0.929 bits per heavy atom. The lowest BCUT2D eigenvalue weighted by Gasteiger charge is -2.14. The fourth-order valence-electron chi connectivity index (χ4n) is 2.46. The van der Waals surface area contributed by atoms with E-state index >= 15 is 0 Å². The van der Waals surface area contributed by atoms with Crippen LogP contribution in [-0.2, 0) is 0 Å². The van der Waals surface area contributed by atoms with Gasteiger partial charge in [-0.05, 0) is 32.3 Å². The molecule has 3 aromatic rings. The van der Waals surface area contributed by atoms with Crippen LogP contribution in [0.2, 0.25) is 10.0 Å². The fraction of sp³-hybridized carbons (Fsp3) is 0.200. The van der Waals surface area contributed by atoms with E-state index in [1.807, 2.05) is 50.5 Å². The summed E-state index contributed by atoms with van der Waals surface area (Å²) in [5.41, 5.74) is 8.69. The van der Waals surface area contributed by atoms with Crippen molar-refractivity contribution in [3.8, 4) is 11.3 Å². The molecule has 0 aliphatic rings. The Hall–Kier alpha value is -2.54. The topological polar surface area (TPSA) is 65.1 Å². The van der Waals surface area contributed by atoms with Gasteiger partial charge in [-0.1, -0.05) is 53.5 Å². The standard InChI is InChI=1S/C20H22Cl2N6/c1-28(2)11-10-23-20-24-18(14-6-4-3-5-7-14)13-19(25-20)27-26-17-9-8-15(21)12-16(17)22/h3-9,12-13,26H,10-11H2,1-2H3,(H2,23,24,25,27). The van der Waals surface area contributed by atoms with E-state index < -0.39 is 0 Å². The van der Waals surface area contributed by atoms with Crippen molar-refractivity contribution in [1.29, 1.82) is 0 Å². The Morgan fingerprint density at radius 2 is 1.71 bits per heavy atom. The molecule has 0 unspecified atom stereocenters. The highest BCUT2D eigenvalue weighted by Gasteiger charge is 2.08. The third-order valence-electron chi connectivity index (χ3n) is 3.89. The van der Waals surface area contributed by atoms with Gasteiger partial charge in [0.15, 0.2) is 5.82 Å². The van der Waals surface area contributed by atoms with Gasteiger partial charge in [0.05, 0.1) is 16.4 Å². The molecule has 1 aromatic heterocycles. The van der Waals surface area contributed by atoms with E-state index in [0.29, 0.717) is 27.5 Å². The van der Waals surface area contributed by atoms with Crippen molar-refractivity contribution >= 4 is 40.7 Å². The van der Waals surface area contributed by atoms with Gasteiger partial charge in [0.1, 0.15) is 0 Å². The second-order valence-electron chi connectivity index (χ2n) is 6.43. The summed E-state index contributed by atoms with van der Waals surface area (Å²) in [6.45, 7) is 1.61. The third-order valence-corrected chi connectivity index (χ3v) is 4.44. The number of likely N-dealkylation sites (N-methyl/N-ethyl adjacent to an activating group) is 1. The molecule has 0 bridgehead atoms. The van der Waals surface area contributed by atoms with Gasteiger partial charge in [0.2, 0.25) is 5.95 Å². The van der Waals surface area contributed by atoms with E-state index in [1.54, 1.807) is 18.2 Å². The zero-order valence-electron chi connectivity index (χ0n) is 15.7. The first-order chi connectivity index (χ1) is 13.5. The summed E-state index contributed by atoms with van der Waals surface area (Å²) in [6, 6.07) is 17.1. The predicted molar refractivity (Wildman–Crippen MR) is 118 cm³/mol. The zero-order valence-corrected chi connectivity index (χ0v) is 17.2. The highest BCUT2D eigenvalue weighted by atomic mass is 35.5. The summed E-state index contributed by atoms with van der Waals surface area (Å²) in [5, 5.41) is 4.36. The van der Waals surface area contributed by atoms with E-state index in [1.165, 1.54) is 0 Å². The average Bonchev–Trinajstić information content (AvgIpc) is 2.67. The van der Waals surface area contributed by atoms with Gasteiger partial charge in [0.25, 0.3) is 0 Å². The van der Waals surface area contributed by atoms with E-state index in [0.717, 1.165) is 24.3 Å². The lowest BCUT2D eigenvalue weighted by atomic mass is 10.1. The molecule has 0 saturated carbocycles. The Balaban J connectivity index is 1.81. The number of nitrogens with one attached hydrogen (secondary N) is 3. The summed E-state index contributed by atoms with van der Waals surface area (Å²) in [7, 11) is 4.05. The molecule has 8 heteroatoms. The maximum atomic E-state index is 6.22. The monoisotopic (exact) mass is 416 g/mol. The predicted octanol–water partition coefficient (Wildman–Crippen LogP) is 4.86. The molecule has 3 N–H and O–H groups in total. The first-order valence-corrected chi connectivity index (χ1v) is 9.57. The lowest BCUT2D eigenvalue weighted by molar-refractivity contribution is 0.425. The van der Waals surface area contributed by atoms with Crippen molar-refractivity contribution in [3.63, 3.8) is 0 Å². The second kappa shape index (κ2) is 9.59. The van der Waals surface area contributed by atoms with Crippen LogP contribution in [0.25, 0.3) is 11.3 Å². The van der Waals surface area contributed by atoms with E-state index in [4.69, 9.17) is 23.2 Å². The van der Waals surface area contributed by atoms with Crippen molar-refractivity contribution in [2.24, 2.45) is 0 Å². The molecular weight excluding hydrogens is 395 g/mol. The number of benzene rings is 2. The minimum absolute atomic E-state index is 0.515. The molecule has 0 amide bonds. The van der Waals surface area contributed by atoms with Gasteiger partial charge >= 0.3 is 0 Å². The van der Waals surface area contributed by atoms with Crippen LogP contribution in [-0.4, -0.2) is 42.1 Å². The number of rotatable bonds is 8. The van der Waals surface area contributed by atoms with Gasteiger partial charge in [-0.3, -0.25) is 10.9 Å². The number of hydrazine groups is 1. The first kappa shape index (κ1) is 20.2. The minimum atomic E-state index is 0.515. The molecule has 0 saturated heterocycles. The summed E-state index contributed by atoms with van der Waals surface area (Å²) in [4.78, 5) is 11.3. The molecular formula is C20H22Cl2N6. The van der Waals surface area contributed by atoms with Crippen LogP contribution in [0.4, 0.5) is 17.5 Å². The van der Waals surface area contributed by atoms with E-state index in [-0.39, 0.29) is 0 Å². The molecule has 28 heavy (non-hydrogen) atoms.